The molecule has 2 atom stereocenters. The van der Waals surface area contributed by atoms with Gasteiger partial charge >= 0.3 is 0 Å². The minimum absolute atomic E-state index is 0.00548. The molecular formula is C26H29NO6. The SMILES string of the molecule is CCOc1ccc([C@H]2CC(=O)C3=C(C2)NC(=O)C[C@H]3c2cc(OC)c(OC)c(OC)c2)cc1. The number of methoxy groups -OCH3 is 3. The van der Waals surface area contributed by atoms with Gasteiger partial charge in [0.1, 0.15) is 5.75 Å². The van der Waals surface area contributed by atoms with Gasteiger partial charge in [0.15, 0.2) is 17.3 Å². The maximum atomic E-state index is 13.4. The molecule has 0 fully saturated rings. The van der Waals surface area contributed by atoms with Crippen LogP contribution in [0.15, 0.2) is 47.7 Å². The van der Waals surface area contributed by atoms with Crippen LogP contribution in [0.1, 0.15) is 49.1 Å². The van der Waals surface area contributed by atoms with E-state index in [9.17, 15) is 9.59 Å². The summed E-state index contributed by atoms with van der Waals surface area (Å²) in [6, 6.07) is 11.5. The molecule has 4 rings (SSSR count). The Morgan fingerprint density at radius 2 is 1.55 bits per heavy atom. The molecule has 0 saturated carbocycles. The van der Waals surface area contributed by atoms with Gasteiger partial charge in [-0.2, -0.15) is 0 Å². The van der Waals surface area contributed by atoms with Crippen molar-refractivity contribution in [3.63, 3.8) is 0 Å². The molecule has 2 aliphatic rings. The average Bonchev–Trinajstić information content (AvgIpc) is 2.82. The number of benzene rings is 2. The van der Waals surface area contributed by atoms with Gasteiger partial charge in [-0.1, -0.05) is 12.1 Å². The van der Waals surface area contributed by atoms with Crippen molar-refractivity contribution in [3.05, 3.63) is 58.8 Å². The maximum Gasteiger partial charge on any atom is 0.225 e. The van der Waals surface area contributed by atoms with Crippen LogP contribution >= 0.6 is 0 Å². The van der Waals surface area contributed by atoms with Crippen LogP contribution in [0.25, 0.3) is 0 Å². The summed E-state index contributed by atoms with van der Waals surface area (Å²) in [4.78, 5) is 26.0. The Morgan fingerprint density at radius 1 is 0.879 bits per heavy atom. The van der Waals surface area contributed by atoms with Gasteiger partial charge in [0, 0.05) is 30.0 Å². The van der Waals surface area contributed by atoms with E-state index in [1.54, 1.807) is 21.3 Å². The molecule has 0 unspecified atom stereocenters. The monoisotopic (exact) mass is 451 g/mol. The Bertz CT molecular complexity index is 1060. The second-order valence-corrected chi connectivity index (χ2v) is 8.19. The molecule has 7 nitrogen and oxygen atoms in total. The molecule has 33 heavy (non-hydrogen) atoms. The molecule has 0 bridgehead atoms. The van der Waals surface area contributed by atoms with E-state index in [-0.39, 0.29) is 29.9 Å². The Morgan fingerprint density at radius 3 is 2.12 bits per heavy atom. The third-order valence-corrected chi connectivity index (χ3v) is 6.29. The number of rotatable bonds is 7. The lowest BCUT2D eigenvalue weighted by molar-refractivity contribution is -0.122. The van der Waals surface area contributed by atoms with E-state index in [0.29, 0.717) is 48.0 Å². The Balaban J connectivity index is 1.70. The molecule has 7 heteroatoms. The molecule has 1 heterocycles. The van der Waals surface area contributed by atoms with Gasteiger partial charge in [-0.25, -0.2) is 0 Å². The topological polar surface area (TPSA) is 83.1 Å². The highest BCUT2D eigenvalue weighted by atomic mass is 16.5. The molecule has 0 aromatic heterocycles. The molecular weight excluding hydrogens is 422 g/mol. The number of ketones is 1. The molecule has 2 aromatic carbocycles. The van der Waals surface area contributed by atoms with Crippen molar-refractivity contribution in [2.45, 2.75) is 38.0 Å². The Kier molecular flexibility index (Phi) is 6.58. The fraction of sp³-hybridized carbons (Fsp3) is 0.385. The summed E-state index contributed by atoms with van der Waals surface area (Å²) < 4.78 is 21.9. The van der Waals surface area contributed by atoms with Gasteiger partial charge in [0.2, 0.25) is 11.7 Å². The van der Waals surface area contributed by atoms with Crippen molar-refractivity contribution in [2.24, 2.45) is 0 Å². The zero-order valence-corrected chi connectivity index (χ0v) is 19.4. The fourth-order valence-corrected chi connectivity index (χ4v) is 4.79. The van der Waals surface area contributed by atoms with Crippen molar-refractivity contribution < 1.29 is 28.5 Å². The predicted octanol–water partition coefficient (Wildman–Crippen LogP) is 4.12. The van der Waals surface area contributed by atoms with Crippen molar-refractivity contribution in [1.29, 1.82) is 0 Å². The standard InChI is InChI=1S/C26H29NO6/c1-5-33-18-8-6-15(7-9-18)16-10-20-25(21(28)11-16)19(14-24(29)27-20)17-12-22(30-2)26(32-4)23(13-17)31-3/h6-9,12-13,16,19H,5,10-11,14H2,1-4H3,(H,27,29)/t16-,19+/m1/s1. The highest BCUT2D eigenvalue weighted by Gasteiger charge is 2.38. The van der Waals surface area contributed by atoms with Crippen molar-refractivity contribution in [2.75, 3.05) is 27.9 Å². The highest BCUT2D eigenvalue weighted by Crippen LogP contribution is 2.46. The third kappa shape index (κ3) is 4.40. The Labute approximate surface area is 193 Å². The summed E-state index contributed by atoms with van der Waals surface area (Å²) in [6.45, 7) is 2.55. The molecule has 1 aliphatic heterocycles. The lowest BCUT2D eigenvalue weighted by Gasteiger charge is -2.34. The summed E-state index contributed by atoms with van der Waals surface area (Å²) in [7, 11) is 4.64. The van der Waals surface area contributed by atoms with Gasteiger partial charge < -0.3 is 24.3 Å². The zero-order chi connectivity index (χ0) is 23.5. The molecule has 0 saturated heterocycles. The van der Waals surface area contributed by atoms with Crippen LogP contribution in [0.3, 0.4) is 0 Å². The highest BCUT2D eigenvalue weighted by molar-refractivity contribution is 6.02. The van der Waals surface area contributed by atoms with Gasteiger partial charge in [0.25, 0.3) is 0 Å². The van der Waals surface area contributed by atoms with Gasteiger partial charge in [-0.3, -0.25) is 9.59 Å². The van der Waals surface area contributed by atoms with Crippen LogP contribution in [-0.2, 0) is 9.59 Å². The average molecular weight is 452 g/mol. The molecule has 0 spiro atoms. The zero-order valence-electron chi connectivity index (χ0n) is 19.4. The molecule has 174 valence electrons. The number of hydrogen-bond acceptors (Lipinski definition) is 6. The second-order valence-electron chi connectivity index (χ2n) is 8.19. The van der Waals surface area contributed by atoms with Crippen LogP contribution in [0.5, 0.6) is 23.0 Å². The third-order valence-electron chi connectivity index (χ3n) is 6.29. The number of Topliss-reactive ketones (excluding diaryl/α,β-unsaturated/α-hetero) is 1. The molecule has 0 radical (unpaired) electrons. The van der Waals surface area contributed by atoms with Crippen LogP contribution in [-0.4, -0.2) is 39.6 Å². The molecule has 2 aromatic rings. The Hall–Kier alpha value is -3.48. The normalized spacial score (nSPS) is 20.1. The lowest BCUT2D eigenvalue weighted by Crippen LogP contribution is -2.38. The van der Waals surface area contributed by atoms with Gasteiger partial charge in [-0.15, -0.1) is 0 Å². The quantitative estimate of drug-likeness (QED) is 0.682. The second kappa shape index (κ2) is 9.57. The van der Waals surface area contributed by atoms with E-state index < -0.39 is 0 Å². The van der Waals surface area contributed by atoms with E-state index in [2.05, 4.69) is 5.32 Å². The first-order valence-electron chi connectivity index (χ1n) is 11.1. The summed E-state index contributed by atoms with van der Waals surface area (Å²) in [5, 5.41) is 2.97. The largest absolute Gasteiger partial charge is 0.494 e. The van der Waals surface area contributed by atoms with Crippen LogP contribution < -0.4 is 24.3 Å². The smallest absolute Gasteiger partial charge is 0.225 e. The predicted molar refractivity (Wildman–Crippen MR) is 123 cm³/mol. The number of carbonyl (C=O) groups is 2. The number of nitrogens with one attached hydrogen (secondary N) is 1. The number of hydrogen-bond donors (Lipinski definition) is 1. The van der Waals surface area contributed by atoms with Crippen LogP contribution in [0.2, 0.25) is 0 Å². The van der Waals surface area contributed by atoms with E-state index in [4.69, 9.17) is 18.9 Å². The number of ether oxygens (including phenoxy) is 4. The minimum atomic E-state index is -0.365. The van der Waals surface area contributed by atoms with E-state index >= 15 is 0 Å². The number of allylic oxidation sites excluding steroid dienone is 2. The van der Waals surface area contributed by atoms with Crippen LogP contribution in [0, 0.1) is 0 Å². The maximum absolute atomic E-state index is 13.4. The van der Waals surface area contributed by atoms with Gasteiger partial charge in [0.05, 0.1) is 27.9 Å². The van der Waals surface area contributed by atoms with Crippen molar-refractivity contribution >= 4 is 11.7 Å². The van der Waals surface area contributed by atoms with Crippen molar-refractivity contribution in [3.8, 4) is 23.0 Å². The molecule has 1 N–H and O–H groups in total. The van der Waals surface area contributed by atoms with E-state index in [1.807, 2.05) is 43.3 Å². The first-order chi connectivity index (χ1) is 16.0. The summed E-state index contributed by atoms with van der Waals surface area (Å²) in [5.74, 6) is 1.86. The molecule has 1 amide bonds. The fourth-order valence-electron chi connectivity index (χ4n) is 4.79. The van der Waals surface area contributed by atoms with Crippen molar-refractivity contribution in [1.82, 2.24) is 5.32 Å². The number of amides is 1. The summed E-state index contributed by atoms with van der Waals surface area (Å²) in [6.07, 6.45) is 1.18. The summed E-state index contributed by atoms with van der Waals surface area (Å²) in [5.41, 5.74) is 3.23. The number of carbonyl (C=O) groups excluding carboxylic acids is 2. The lowest BCUT2D eigenvalue weighted by atomic mass is 9.73. The first kappa shape index (κ1) is 22.7. The first-order valence-corrected chi connectivity index (χ1v) is 11.1. The minimum Gasteiger partial charge on any atom is -0.494 e. The van der Waals surface area contributed by atoms with Gasteiger partial charge in [-0.05, 0) is 54.7 Å². The van der Waals surface area contributed by atoms with E-state index in [0.717, 1.165) is 16.9 Å². The van der Waals surface area contributed by atoms with E-state index in [1.165, 1.54) is 0 Å². The summed E-state index contributed by atoms with van der Waals surface area (Å²) >= 11 is 0. The molecule has 1 aliphatic carbocycles. The van der Waals surface area contributed by atoms with Crippen LogP contribution in [0.4, 0.5) is 0 Å².